The topological polar surface area (TPSA) is 29.5 Å². The Kier molecular flexibility index (Phi) is 3.65. The van der Waals surface area contributed by atoms with Crippen molar-refractivity contribution < 1.29 is 9.53 Å². The zero-order chi connectivity index (χ0) is 10.8. The third-order valence-corrected chi connectivity index (χ3v) is 2.37. The Morgan fingerprint density at radius 1 is 1.50 bits per heavy atom. The number of nitrogens with zero attached hydrogens (tertiary/aromatic N) is 1. The van der Waals surface area contributed by atoms with Gasteiger partial charge in [-0.15, -0.1) is 11.6 Å². The van der Waals surface area contributed by atoms with Crippen LogP contribution < -0.4 is 0 Å². The van der Waals surface area contributed by atoms with Crippen LogP contribution in [0, 0.1) is 0 Å². The van der Waals surface area contributed by atoms with Gasteiger partial charge in [0, 0.05) is 13.1 Å². The van der Waals surface area contributed by atoms with Crippen LogP contribution in [0.5, 0.6) is 0 Å². The molecule has 3 nitrogen and oxygen atoms in total. The molecule has 4 heteroatoms. The van der Waals surface area contributed by atoms with E-state index in [1.54, 1.807) is 4.90 Å². The summed E-state index contributed by atoms with van der Waals surface area (Å²) in [7, 11) is 0. The standard InChI is InChI=1S/C10H18ClNO2/c1-10(2,3)14-9(13)12-6-4-5-8(11)7-12/h8H,4-7H2,1-3H3/t8-/m0/s1. The molecule has 1 atom stereocenters. The fourth-order valence-corrected chi connectivity index (χ4v) is 1.74. The summed E-state index contributed by atoms with van der Waals surface area (Å²) in [6, 6.07) is 0. The lowest BCUT2D eigenvalue weighted by atomic mass is 10.1. The van der Waals surface area contributed by atoms with Crippen molar-refractivity contribution in [1.29, 1.82) is 0 Å². The van der Waals surface area contributed by atoms with Crippen molar-refractivity contribution in [3.8, 4) is 0 Å². The van der Waals surface area contributed by atoms with Gasteiger partial charge in [-0.1, -0.05) is 0 Å². The van der Waals surface area contributed by atoms with Crippen molar-refractivity contribution in [3.05, 3.63) is 0 Å². The van der Waals surface area contributed by atoms with E-state index in [0.717, 1.165) is 19.4 Å². The summed E-state index contributed by atoms with van der Waals surface area (Å²) in [5.41, 5.74) is -0.420. The van der Waals surface area contributed by atoms with Gasteiger partial charge in [0.1, 0.15) is 5.60 Å². The summed E-state index contributed by atoms with van der Waals surface area (Å²) in [6.45, 7) is 6.97. The van der Waals surface area contributed by atoms with Gasteiger partial charge < -0.3 is 9.64 Å². The van der Waals surface area contributed by atoms with Crippen LogP contribution in [0.25, 0.3) is 0 Å². The van der Waals surface area contributed by atoms with E-state index in [-0.39, 0.29) is 11.5 Å². The molecule has 1 saturated heterocycles. The van der Waals surface area contributed by atoms with Gasteiger partial charge in [-0.2, -0.15) is 0 Å². The number of piperidine rings is 1. The first-order chi connectivity index (χ1) is 6.38. The maximum absolute atomic E-state index is 11.6. The number of hydrogen-bond acceptors (Lipinski definition) is 2. The number of carbonyl (C=O) groups is 1. The highest BCUT2D eigenvalue weighted by atomic mass is 35.5. The van der Waals surface area contributed by atoms with Crippen LogP contribution in [0.2, 0.25) is 0 Å². The predicted molar refractivity (Wildman–Crippen MR) is 56.7 cm³/mol. The first-order valence-corrected chi connectivity index (χ1v) is 5.44. The predicted octanol–water partition coefficient (Wildman–Crippen LogP) is 2.62. The van der Waals surface area contributed by atoms with E-state index in [4.69, 9.17) is 16.3 Å². The second kappa shape index (κ2) is 4.39. The summed E-state index contributed by atoms with van der Waals surface area (Å²) in [5.74, 6) is 0. The highest BCUT2D eigenvalue weighted by Crippen LogP contribution is 2.17. The van der Waals surface area contributed by atoms with Crippen LogP contribution >= 0.6 is 11.6 Å². The van der Waals surface area contributed by atoms with Crippen molar-refractivity contribution in [2.75, 3.05) is 13.1 Å². The Bertz CT molecular complexity index is 213. The van der Waals surface area contributed by atoms with Crippen LogP contribution in [0.3, 0.4) is 0 Å². The van der Waals surface area contributed by atoms with Crippen molar-refractivity contribution in [1.82, 2.24) is 4.90 Å². The highest BCUT2D eigenvalue weighted by molar-refractivity contribution is 6.20. The molecule has 0 spiro atoms. The van der Waals surface area contributed by atoms with Crippen LogP contribution in [0.15, 0.2) is 0 Å². The van der Waals surface area contributed by atoms with Crippen molar-refractivity contribution in [3.63, 3.8) is 0 Å². The summed E-state index contributed by atoms with van der Waals surface area (Å²) in [4.78, 5) is 13.3. The van der Waals surface area contributed by atoms with Gasteiger partial charge in [-0.25, -0.2) is 4.79 Å². The molecule has 0 aromatic rings. The fraction of sp³-hybridized carbons (Fsp3) is 0.900. The Hall–Kier alpha value is -0.440. The third kappa shape index (κ3) is 3.74. The van der Waals surface area contributed by atoms with Crippen LogP contribution in [-0.4, -0.2) is 35.1 Å². The number of likely N-dealkylation sites (tertiary alicyclic amines) is 1. The molecule has 1 aliphatic rings. The van der Waals surface area contributed by atoms with Crippen LogP contribution in [0.4, 0.5) is 4.79 Å². The van der Waals surface area contributed by atoms with Gasteiger partial charge in [-0.05, 0) is 33.6 Å². The first-order valence-electron chi connectivity index (χ1n) is 5.00. The maximum Gasteiger partial charge on any atom is 0.410 e. The lowest BCUT2D eigenvalue weighted by Crippen LogP contribution is -2.43. The zero-order valence-electron chi connectivity index (χ0n) is 9.05. The SMILES string of the molecule is CC(C)(C)OC(=O)N1CCC[C@H](Cl)C1. The van der Waals surface area contributed by atoms with Gasteiger partial charge in [-0.3, -0.25) is 0 Å². The van der Waals surface area contributed by atoms with Crippen molar-refractivity contribution >= 4 is 17.7 Å². The maximum atomic E-state index is 11.6. The number of alkyl halides is 1. The lowest BCUT2D eigenvalue weighted by Gasteiger charge is -2.31. The second-order valence-electron chi connectivity index (χ2n) is 4.67. The number of rotatable bonds is 0. The first kappa shape index (κ1) is 11.6. The van der Waals surface area contributed by atoms with Crippen molar-refractivity contribution in [2.24, 2.45) is 0 Å². The third-order valence-electron chi connectivity index (χ3n) is 2.02. The number of amides is 1. The molecule has 1 amide bonds. The van der Waals surface area contributed by atoms with E-state index in [1.807, 2.05) is 20.8 Å². The molecule has 0 aromatic carbocycles. The highest BCUT2D eigenvalue weighted by Gasteiger charge is 2.26. The van der Waals surface area contributed by atoms with Gasteiger partial charge >= 0.3 is 6.09 Å². The van der Waals surface area contributed by atoms with Gasteiger partial charge in [0.25, 0.3) is 0 Å². The molecule has 1 rings (SSSR count). The average molecular weight is 220 g/mol. The van der Waals surface area contributed by atoms with E-state index < -0.39 is 5.60 Å². The number of ether oxygens (including phenoxy) is 1. The Morgan fingerprint density at radius 2 is 2.14 bits per heavy atom. The molecule has 0 unspecified atom stereocenters. The van der Waals surface area contributed by atoms with E-state index in [2.05, 4.69) is 0 Å². The van der Waals surface area contributed by atoms with Gasteiger partial charge in [0.05, 0.1) is 5.38 Å². The molecule has 0 aromatic heterocycles. The van der Waals surface area contributed by atoms with Crippen LogP contribution in [-0.2, 0) is 4.74 Å². The second-order valence-corrected chi connectivity index (χ2v) is 5.28. The lowest BCUT2D eigenvalue weighted by molar-refractivity contribution is 0.0219. The Balaban J connectivity index is 2.44. The van der Waals surface area contributed by atoms with Gasteiger partial charge in [0.2, 0.25) is 0 Å². The van der Waals surface area contributed by atoms with E-state index in [0.29, 0.717) is 6.54 Å². The molecule has 1 aliphatic heterocycles. The van der Waals surface area contributed by atoms with E-state index in [9.17, 15) is 4.79 Å². The van der Waals surface area contributed by atoms with E-state index >= 15 is 0 Å². The molecule has 0 radical (unpaired) electrons. The number of halogens is 1. The Morgan fingerprint density at radius 3 is 2.64 bits per heavy atom. The van der Waals surface area contributed by atoms with Crippen LogP contribution in [0.1, 0.15) is 33.6 Å². The minimum Gasteiger partial charge on any atom is -0.444 e. The summed E-state index contributed by atoms with van der Waals surface area (Å²) in [5, 5.41) is 0.0799. The summed E-state index contributed by atoms with van der Waals surface area (Å²) in [6.07, 6.45) is 1.71. The quantitative estimate of drug-likeness (QED) is 0.587. The van der Waals surface area contributed by atoms with Crippen molar-refractivity contribution in [2.45, 2.75) is 44.6 Å². The fourth-order valence-electron chi connectivity index (χ4n) is 1.42. The number of carbonyl (C=O) groups excluding carboxylic acids is 1. The zero-order valence-corrected chi connectivity index (χ0v) is 9.80. The molecule has 0 bridgehead atoms. The average Bonchev–Trinajstić information content (AvgIpc) is 2.01. The molecule has 1 fully saturated rings. The summed E-state index contributed by atoms with van der Waals surface area (Å²) >= 11 is 5.98. The number of hydrogen-bond donors (Lipinski definition) is 0. The van der Waals surface area contributed by atoms with E-state index in [1.165, 1.54) is 0 Å². The normalized spacial score (nSPS) is 23.4. The largest absolute Gasteiger partial charge is 0.444 e. The molecule has 14 heavy (non-hydrogen) atoms. The summed E-state index contributed by atoms with van der Waals surface area (Å²) < 4.78 is 5.25. The minimum atomic E-state index is -0.420. The Labute approximate surface area is 90.4 Å². The molecule has 1 heterocycles. The molecular weight excluding hydrogens is 202 g/mol. The monoisotopic (exact) mass is 219 g/mol. The molecule has 0 aliphatic carbocycles. The molecular formula is C10H18ClNO2. The molecule has 82 valence electrons. The molecule has 0 N–H and O–H groups in total. The minimum absolute atomic E-state index is 0.0799. The smallest absolute Gasteiger partial charge is 0.410 e. The molecule has 0 saturated carbocycles. The van der Waals surface area contributed by atoms with Gasteiger partial charge in [0.15, 0.2) is 0 Å².